The molecule has 1 fully saturated rings. The molecule has 0 saturated heterocycles. The number of halogens is 1. The highest BCUT2D eigenvalue weighted by atomic mass is 35.5. The number of pyridine rings is 1. The third-order valence-corrected chi connectivity index (χ3v) is 5.58. The normalized spacial score (nSPS) is 20.1. The number of nitrogens with zero attached hydrogens (tertiary/aromatic N) is 4. The first-order valence-corrected chi connectivity index (χ1v) is 9.60. The van der Waals surface area contributed by atoms with Gasteiger partial charge in [-0.2, -0.15) is 0 Å². The van der Waals surface area contributed by atoms with Crippen LogP contribution in [0.2, 0.25) is 5.02 Å². The van der Waals surface area contributed by atoms with E-state index in [4.69, 9.17) is 11.6 Å². The summed E-state index contributed by atoms with van der Waals surface area (Å²) >= 11 is 6.10. The zero-order valence-corrected chi connectivity index (χ0v) is 15.9. The van der Waals surface area contributed by atoms with E-state index >= 15 is 0 Å². The zero-order chi connectivity index (χ0) is 19.0. The molecule has 0 aromatic carbocycles. The first-order valence-electron chi connectivity index (χ1n) is 9.22. The van der Waals surface area contributed by atoms with E-state index in [1.807, 2.05) is 12.3 Å². The monoisotopic (exact) mass is 384 g/mol. The summed E-state index contributed by atoms with van der Waals surface area (Å²) in [5.41, 5.74) is 2.71. The largest absolute Gasteiger partial charge is 0.475 e. The van der Waals surface area contributed by atoms with Crippen molar-refractivity contribution in [2.45, 2.75) is 39.2 Å². The van der Waals surface area contributed by atoms with Gasteiger partial charge in [0.15, 0.2) is 0 Å². The summed E-state index contributed by atoms with van der Waals surface area (Å²) in [4.78, 5) is 24.2. The van der Waals surface area contributed by atoms with Crippen molar-refractivity contribution < 1.29 is 9.90 Å². The number of rotatable bonds is 4. The van der Waals surface area contributed by atoms with Crippen LogP contribution in [0.5, 0.6) is 0 Å². The third kappa shape index (κ3) is 3.67. The highest BCUT2D eigenvalue weighted by Gasteiger charge is 2.22. The van der Waals surface area contributed by atoms with Crippen LogP contribution in [0.4, 0.5) is 0 Å². The lowest BCUT2D eigenvalue weighted by Gasteiger charge is -2.26. The number of aromatic carboxylic acids is 1. The summed E-state index contributed by atoms with van der Waals surface area (Å²) in [5, 5.41) is 9.87. The number of carboxylic acids is 1. The van der Waals surface area contributed by atoms with Gasteiger partial charge >= 0.3 is 5.97 Å². The van der Waals surface area contributed by atoms with Crippen LogP contribution >= 0.6 is 11.6 Å². The molecule has 0 bridgehead atoms. The molecule has 1 aliphatic rings. The Morgan fingerprint density at radius 3 is 2.74 bits per heavy atom. The second-order valence-electron chi connectivity index (χ2n) is 7.42. The molecular weight excluding hydrogens is 364 g/mol. The summed E-state index contributed by atoms with van der Waals surface area (Å²) in [5.74, 6) is 0.0439. The van der Waals surface area contributed by atoms with Crippen LogP contribution < -0.4 is 0 Å². The topological polar surface area (TPSA) is 80.9 Å². The van der Waals surface area contributed by atoms with Crippen molar-refractivity contribution in [3.63, 3.8) is 0 Å². The lowest BCUT2D eigenvalue weighted by molar-refractivity contribution is 0.0684. The molecule has 3 aromatic rings. The van der Waals surface area contributed by atoms with E-state index in [0.29, 0.717) is 27.7 Å². The van der Waals surface area contributed by atoms with Crippen molar-refractivity contribution in [2.24, 2.45) is 11.8 Å². The Balaban J connectivity index is 1.81. The van der Waals surface area contributed by atoms with Crippen molar-refractivity contribution in [2.75, 3.05) is 0 Å². The van der Waals surface area contributed by atoms with Crippen molar-refractivity contribution in [1.82, 2.24) is 19.5 Å². The minimum absolute atomic E-state index is 0.221. The number of hydrogen-bond acceptors (Lipinski definition) is 4. The molecule has 0 atom stereocenters. The summed E-state index contributed by atoms with van der Waals surface area (Å²) < 4.78 is 2.15. The quantitative estimate of drug-likeness (QED) is 0.706. The maximum absolute atomic E-state index is 11.5. The lowest BCUT2D eigenvalue weighted by atomic mass is 9.83. The molecule has 27 heavy (non-hydrogen) atoms. The molecule has 7 heteroatoms. The van der Waals surface area contributed by atoms with E-state index in [1.165, 1.54) is 25.7 Å². The minimum atomic E-state index is -1.15. The molecule has 0 spiro atoms. The molecule has 140 valence electrons. The van der Waals surface area contributed by atoms with Crippen LogP contribution in [0.3, 0.4) is 0 Å². The van der Waals surface area contributed by atoms with E-state index in [0.717, 1.165) is 18.0 Å². The summed E-state index contributed by atoms with van der Waals surface area (Å²) in [7, 11) is 0. The van der Waals surface area contributed by atoms with E-state index < -0.39 is 5.97 Å². The predicted octanol–water partition coefficient (Wildman–Crippen LogP) is 4.67. The lowest BCUT2D eigenvalue weighted by Crippen LogP contribution is -2.17. The van der Waals surface area contributed by atoms with Crippen molar-refractivity contribution in [3.05, 3.63) is 41.6 Å². The smallest absolute Gasteiger partial charge is 0.373 e. The fourth-order valence-corrected chi connectivity index (χ4v) is 4.06. The SMILES string of the molecule is C[C@H]1CC[C@H](Cn2ccc3nc(C(=O)O)nc(-c4cncc(Cl)c4)c32)CC1. The van der Waals surface area contributed by atoms with Gasteiger partial charge in [-0.25, -0.2) is 14.8 Å². The van der Waals surface area contributed by atoms with E-state index in [-0.39, 0.29) is 5.82 Å². The van der Waals surface area contributed by atoms with Gasteiger partial charge in [-0.1, -0.05) is 31.4 Å². The Hall–Kier alpha value is -2.47. The Bertz CT molecular complexity index is 993. The maximum Gasteiger partial charge on any atom is 0.373 e. The number of aromatic nitrogens is 4. The second kappa shape index (κ2) is 7.27. The minimum Gasteiger partial charge on any atom is -0.475 e. The van der Waals surface area contributed by atoms with Gasteiger partial charge in [-0.05, 0) is 36.8 Å². The molecule has 1 N–H and O–H groups in total. The van der Waals surface area contributed by atoms with Gasteiger partial charge in [0.05, 0.1) is 16.1 Å². The molecule has 0 aliphatic heterocycles. The Labute approximate surface area is 162 Å². The fraction of sp³-hybridized carbons (Fsp3) is 0.400. The number of hydrogen-bond donors (Lipinski definition) is 1. The van der Waals surface area contributed by atoms with Gasteiger partial charge in [0.25, 0.3) is 0 Å². The van der Waals surface area contributed by atoms with Crippen molar-refractivity contribution in [1.29, 1.82) is 0 Å². The van der Waals surface area contributed by atoms with Gasteiger partial charge < -0.3 is 9.67 Å². The first kappa shape index (κ1) is 17.9. The van der Waals surface area contributed by atoms with E-state index in [2.05, 4.69) is 26.4 Å². The molecule has 0 radical (unpaired) electrons. The number of fused-ring (bicyclic) bond motifs is 1. The van der Waals surface area contributed by atoms with Crippen LogP contribution in [-0.4, -0.2) is 30.6 Å². The Morgan fingerprint density at radius 2 is 2.04 bits per heavy atom. The highest BCUT2D eigenvalue weighted by molar-refractivity contribution is 6.30. The Morgan fingerprint density at radius 1 is 1.26 bits per heavy atom. The van der Waals surface area contributed by atoms with Gasteiger partial charge in [0.2, 0.25) is 5.82 Å². The van der Waals surface area contributed by atoms with Gasteiger partial charge in [0, 0.05) is 30.7 Å². The van der Waals surface area contributed by atoms with Crippen LogP contribution in [-0.2, 0) is 6.54 Å². The number of carbonyl (C=O) groups is 1. The fourth-order valence-electron chi connectivity index (χ4n) is 3.89. The molecule has 0 amide bonds. The van der Waals surface area contributed by atoms with Crippen molar-refractivity contribution in [3.8, 4) is 11.3 Å². The summed E-state index contributed by atoms with van der Waals surface area (Å²) in [6.45, 7) is 3.19. The average Bonchev–Trinajstić information content (AvgIpc) is 3.05. The van der Waals surface area contributed by atoms with Gasteiger partial charge in [-0.15, -0.1) is 0 Å². The van der Waals surface area contributed by atoms with E-state index in [1.54, 1.807) is 18.5 Å². The zero-order valence-electron chi connectivity index (χ0n) is 15.1. The first-order chi connectivity index (χ1) is 13.0. The average molecular weight is 385 g/mol. The third-order valence-electron chi connectivity index (χ3n) is 5.37. The summed E-state index contributed by atoms with van der Waals surface area (Å²) in [6, 6.07) is 3.61. The molecule has 1 saturated carbocycles. The molecule has 1 aliphatic carbocycles. The van der Waals surface area contributed by atoms with Crippen LogP contribution in [0, 0.1) is 11.8 Å². The number of carboxylic acid groups (broad SMARTS) is 1. The van der Waals surface area contributed by atoms with Gasteiger partial charge in [-0.3, -0.25) is 4.98 Å². The standard InChI is InChI=1S/C20H21ClN4O2/c1-12-2-4-13(5-3-12)11-25-7-6-16-18(25)17(24-19(23-16)20(26)27)14-8-15(21)10-22-9-14/h6-10,12-13H,2-5,11H2,1H3,(H,26,27)/t12-,13-. The molecule has 3 aromatic heterocycles. The predicted molar refractivity (Wildman–Crippen MR) is 104 cm³/mol. The second-order valence-corrected chi connectivity index (χ2v) is 7.86. The highest BCUT2D eigenvalue weighted by Crippen LogP contribution is 2.33. The molecule has 0 unspecified atom stereocenters. The maximum atomic E-state index is 11.5. The molecule has 6 nitrogen and oxygen atoms in total. The van der Waals surface area contributed by atoms with E-state index in [9.17, 15) is 9.90 Å². The Kier molecular flexibility index (Phi) is 4.83. The summed E-state index contributed by atoms with van der Waals surface area (Å²) in [6.07, 6.45) is 10.1. The van der Waals surface area contributed by atoms with Gasteiger partial charge in [0.1, 0.15) is 5.69 Å². The molecule has 3 heterocycles. The molecular formula is C20H21ClN4O2. The molecule has 4 rings (SSSR count). The van der Waals surface area contributed by atoms with Crippen LogP contribution in [0.1, 0.15) is 43.2 Å². The van der Waals surface area contributed by atoms with Crippen LogP contribution in [0.25, 0.3) is 22.3 Å². The van der Waals surface area contributed by atoms with Crippen LogP contribution in [0.15, 0.2) is 30.7 Å². The van der Waals surface area contributed by atoms with Crippen molar-refractivity contribution >= 4 is 28.6 Å².